The van der Waals surface area contributed by atoms with E-state index in [1.807, 2.05) is 36.4 Å². The third kappa shape index (κ3) is 4.43. The third-order valence-electron chi connectivity index (χ3n) is 4.03. The number of carbonyl (C=O) groups excluding carboxylic acids is 1. The minimum absolute atomic E-state index is 0.285. The zero-order valence-electron chi connectivity index (χ0n) is 14.8. The Morgan fingerprint density at radius 3 is 2.37 bits per heavy atom. The van der Waals surface area contributed by atoms with Crippen LogP contribution in [0.2, 0.25) is 5.02 Å². The van der Waals surface area contributed by atoms with E-state index in [2.05, 4.69) is 21.2 Å². The molecular weight excluding hydrogens is 430 g/mol. The van der Waals surface area contributed by atoms with Crippen molar-refractivity contribution in [3.8, 4) is 22.6 Å². The van der Waals surface area contributed by atoms with E-state index in [4.69, 9.17) is 21.1 Å². The maximum absolute atomic E-state index is 12.6. The fourth-order valence-electron chi connectivity index (χ4n) is 2.65. The monoisotopic (exact) mass is 445 g/mol. The van der Waals surface area contributed by atoms with Crippen molar-refractivity contribution in [3.05, 3.63) is 75.7 Å². The van der Waals surface area contributed by atoms with Crippen molar-refractivity contribution < 1.29 is 14.3 Å². The van der Waals surface area contributed by atoms with Gasteiger partial charge in [0.25, 0.3) is 5.91 Å². The predicted octanol–water partition coefficient (Wildman–Crippen LogP) is 6.04. The number of anilines is 1. The second-order valence-electron chi connectivity index (χ2n) is 5.72. The van der Waals surface area contributed by atoms with Gasteiger partial charge in [-0.25, -0.2) is 0 Å². The van der Waals surface area contributed by atoms with Crippen molar-refractivity contribution >= 4 is 39.1 Å². The SMILES string of the molecule is COc1ccc(-c2cc(NC(=O)c3cc(Br)ccc3Cl)ccc2OC)cc1. The lowest BCUT2D eigenvalue weighted by Gasteiger charge is -2.13. The van der Waals surface area contributed by atoms with Gasteiger partial charge in [-0.3, -0.25) is 4.79 Å². The van der Waals surface area contributed by atoms with Crippen LogP contribution in [0.4, 0.5) is 5.69 Å². The number of halogens is 2. The molecule has 6 heteroatoms. The van der Waals surface area contributed by atoms with E-state index in [9.17, 15) is 4.79 Å². The molecule has 0 fully saturated rings. The van der Waals surface area contributed by atoms with E-state index < -0.39 is 0 Å². The highest BCUT2D eigenvalue weighted by Gasteiger charge is 2.13. The van der Waals surface area contributed by atoms with Gasteiger partial charge in [-0.15, -0.1) is 0 Å². The second-order valence-corrected chi connectivity index (χ2v) is 7.04. The number of ether oxygens (including phenoxy) is 2. The molecule has 3 rings (SSSR count). The van der Waals surface area contributed by atoms with Crippen molar-refractivity contribution in [1.82, 2.24) is 0 Å². The van der Waals surface area contributed by atoms with Gasteiger partial charge in [0.15, 0.2) is 0 Å². The quantitative estimate of drug-likeness (QED) is 0.520. The van der Waals surface area contributed by atoms with Crippen LogP contribution in [0.15, 0.2) is 65.1 Å². The number of hydrogen-bond donors (Lipinski definition) is 1. The Balaban J connectivity index is 1.92. The van der Waals surface area contributed by atoms with Crippen molar-refractivity contribution in [3.63, 3.8) is 0 Å². The molecule has 1 N–H and O–H groups in total. The number of rotatable bonds is 5. The Morgan fingerprint density at radius 1 is 0.963 bits per heavy atom. The summed E-state index contributed by atoms with van der Waals surface area (Å²) in [7, 11) is 3.24. The summed E-state index contributed by atoms with van der Waals surface area (Å²) >= 11 is 9.50. The molecule has 3 aromatic carbocycles. The lowest BCUT2D eigenvalue weighted by Crippen LogP contribution is -2.12. The summed E-state index contributed by atoms with van der Waals surface area (Å²) in [4.78, 5) is 12.6. The summed E-state index contributed by atoms with van der Waals surface area (Å²) in [5.74, 6) is 1.19. The zero-order valence-corrected chi connectivity index (χ0v) is 17.1. The molecule has 0 aliphatic heterocycles. The highest BCUT2D eigenvalue weighted by Crippen LogP contribution is 2.34. The molecule has 0 unspecified atom stereocenters. The molecule has 0 saturated heterocycles. The molecule has 0 bridgehead atoms. The molecule has 0 spiro atoms. The van der Waals surface area contributed by atoms with Gasteiger partial charge in [-0.2, -0.15) is 0 Å². The smallest absolute Gasteiger partial charge is 0.257 e. The summed E-state index contributed by atoms with van der Waals surface area (Å²) in [6, 6.07) is 18.2. The number of benzene rings is 3. The van der Waals surface area contributed by atoms with Gasteiger partial charge < -0.3 is 14.8 Å². The molecule has 0 heterocycles. The second kappa shape index (κ2) is 8.46. The van der Waals surface area contributed by atoms with E-state index in [-0.39, 0.29) is 5.91 Å². The third-order valence-corrected chi connectivity index (χ3v) is 4.85. The van der Waals surface area contributed by atoms with Crippen LogP contribution in [-0.4, -0.2) is 20.1 Å². The van der Waals surface area contributed by atoms with Gasteiger partial charge in [0.2, 0.25) is 0 Å². The molecule has 0 aliphatic carbocycles. The largest absolute Gasteiger partial charge is 0.497 e. The standard InChI is InChI=1S/C21H17BrClNO3/c1-26-16-7-3-13(4-8-16)17-12-15(6-10-20(17)27-2)24-21(25)18-11-14(22)5-9-19(18)23/h3-12H,1-2H3,(H,24,25). The van der Waals surface area contributed by atoms with Crippen LogP contribution >= 0.6 is 27.5 Å². The summed E-state index contributed by atoms with van der Waals surface area (Å²) in [5.41, 5.74) is 2.85. The Hall–Kier alpha value is -2.50. The van der Waals surface area contributed by atoms with Gasteiger partial charge in [0.1, 0.15) is 11.5 Å². The first-order valence-corrected chi connectivity index (χ1v) is 9.28. The summed E-state index contributed by atoms with van der Waals surface area (Å²) in [5, 5.41) is 3.27. The minimum atomic E-state index is -0.285. The molecule has 138 valence electrons. The number of nitrogens with one attached hydrogen (secondary N) is 1. The molecule has 4 nitrogen and oxygen atoms in total. The maximum Gasteiger partial charge on any atom is 0.257 e. The Bertz CT molecular complexity index is 974. The number of carbonyl (C=O) groups is 1. The van der Waals surface area contributed by atoms with Crippen LogP contribution in [0, 0.1) is 0 Å². The molecule has 0 radical (unpaired) electrons. The van der Waals surface area contributed by atoms with E-state index in [1.54, 1.807) is 38.5 Å². The van der Waals surface area contributed by atoms with Crippen molar-refractivity contribution in [2.45, 2.75) is 0 Å². The highest BCUT2D eigenvalue weighted by molar-refractivity contribution is 9.10. The Kier molecular flexibility index (Phi) is 6.04. The topological polar surface area (TPSA) is 47.6 Å². The number of methoxy groups -OCH3 is 2. The Labute approximate surface area is 171 Å². The average molecular weight is 447 g/mol. The van der Waals surface area contributed by atoms with Crippen molar-refractivity contribution in [2.75, 3.05) is 19.5 Å². The van der Waals surface area contributed by atoms with Crippen LogP contribution in [0.25, 0.3) is 11.1 Å². The first kappa shape index (κ1) is 19.3. The van der Waals surface area contributed by atoms with Crippen LogP contribution in [0.3, 0.4) is 0 Å². The fourth-order valence-corrected chi connectivity index (χ4v) is 3.22. The molecule has 0 aliphatic rings. The predicted molar refractivity (Wildman–Crippen MR) is 112 cm³/mol. The minimum Gasteiger partial charge on any atom is -0.497 e. The normalized spacial score (nSPS) is 10.4. The fraction of sp³-hybridized carbons (Fsp3) is 0.0952. The lowest BCUT2D eigenvalue weighted by atomic mass is 10.0. The maximum atomic E-state index is 12.6. The van der Waals surface area contributed by atoms with Crippen molar-refractivity contribution in [2.24, 2.45) is 0 Å². The summed E-state index contributed by atoms with van der Waals surface area (Å²) < 4.78 is 11.5. The van der Waals surface area contributed by atoms with E-state index in [1.165, 1.54) is 0 Å². The Morgan fingerprint density at radius 2 is 1.70 bits per heavy atom. The van der Waals surface area contributed by atoms with Crippen LogP contribution in [-0.2, 0) is 0 Å². The van der Waals surface area contributed by atoms with Gasteiger partial charge in [0, 0.05) is 15.7 Å². The average Bonchev–Trinajstić information content (AvgIpc) is 2.69. The molecule has 0 aromatic heterocycles. The first-order valence-electron chi connectivity index (χ1n) is 8.10. The summed E-state index contributed by atoms with van der Waals surface area (Å²) in [6.45, 7) is 0. The number of hydrogen-bond acceptors (Lipinski definition) is 3. The van der Waals surface area contributed by atoms with E-state index in [0.717, 1.165) is 21.3 Å². The molecule has 0 atom stereocenters. The highest BCUT2D eigenvalue weighted by atomic mass is 79.9. The number of amides is 1. The molecule has 27 heavy (non-hydrogen) atoms. The van der Waals surface area contributed by atoms with Crippen LogP contribution in [0.5, 0.6) is 11.5 Å². The van der Waals surface area contributed by atoms with Crippen LogP contribution in [0.1, 0.15) is 10.4 Å². The van der Waals surface area contributed by atoms with Gasteiger partial charge in [0.05, 0.1) is 24.8 Å². The first-order chi connectivity index (χ1) is 13.0. The lowest BCUT2D eigenvalue weighted by molar-refractivity contribution is 0.102. The van der Waals surface area contributed by atoms with Crippen molar-refractivity contribution in [1.29, 1.82) is 0 Å². The molecular formula is C21H17BrClNO3. The van der Waals surface area contributed by atoms with Crippen LogP contribution < -0.4 is 14.8 Å². The molecule has 0 saturated carbocycles. The van der Waals surface area contributed by atoms with Gasteiger partial charge in [-0.05, 0) is 54.1 Å². The van der Waals surface area contributed by atoms with E-state index in [0.29, 0.717) is 22.0 Å². The van der Waals surface area contributed by atoms with Gasteiger partial charge >= 0.3 is 0 Å². The van der Waals surface area contributed by atoms with Gasteiger partial charge in [-0.1, -0.05) is 39.7 Å². The molecule has 1 amide bonds. The van der Waals surface area contributed by atoms with E-state index >= 15 is 0 Å². The zero-order chi connectivity index (χ0) is 19.4. The molecule has 3 aromatic rings. The summed E-state index contributed by atoms with van der Waals surface area (Å²) in [6.07, 6.45) is 0.